The van der Waals surface area contributed by atoms with E-state index < -0.39 is 0 Å². The average molecular weight is 389 g/mol. The van der Waals surface area contributed by atoms with Gasteiger partial charge in [0.1, 0.15) is 5.82 Å². The highest BCUT2D eigenvalue weighted by Gasteiger charge is 2.23. The molecule has 0 radical (unpaired) electrons. The Labute approximate surface area is 169 Å². The first-order valence-electron chi connectivity index (χ1n) is 9.50. The average Bonchev–Trinajstić information content (AvgIpc) is 2.64. The molecular weight excluding hydrogens is 352 g/mol. The first kappa shape index (κ1) is 25.4. The number of allylic oxidation sites excluding steroid dienone is 3. The predicted molar refractivity (Wildman–Crippen MR) is 117 cm³/mol. The molecule has 1 heterocycles. The zero-order valence-electron chi connectivity index (χ0n) is 18.4. The summed E-state index contributed by atoms with van der Waals surface area (Å²) in [4.78, 5) is 27.0. The van der Waals surface area contributed by atoms with Crippen LogP contribution in [0.1, 0.15) is 52.7 Å². The highest BCUT2D eigenvalue weighted by molar-refractivity contribution is 5.86. The lowest BCUT2D eigenvalue weighted by Gasteiger charge is -2.25. The number of carbonyl (C=O) groups excluding carboxylic acids is 2. The molecule has 0 spiro atoms. The van der Waals surface area contributed by atoms with Crippen LogP contribution in [-0.2, 0) is 9.59 Å². The molecule has 28 heavy (non-hydrogen) atoms. The minimum Gasteiger partial charge on any atom is -0.390 e. The van der Waals surface area contributed by atoms with Gasteiger partial charge in [0, 0.05) is 31.9 Å². The van der Waals surface area contributed by atoms with Gasteiger partial charge in [-0.2, -0.15) is 0 Å². The van der Waals surface area contributed by atoms with Crippen molar-refractivity contribution in [1.82, 2.24) is 15.6 Å². The summed E-state index contributed by atoms with van der Waals surface area (Å²) in [6.07, 6.45) is 2.74. The third-order valence-electron chi connectivity index (χ3n) is 4.18. The molecule has 0 atom stereocenters. The van der Waals surface area contributed by atoms with Crippen LogP contribution >= 0.6 is 0 Å². The van der Waals surface area contributed by atoms with Crippen molar-refractivity contribution in [3.05, 3.63) is 47.4 Å². The summed E-state index contributed by atoms with van der Waals surface area (Å²) >= 11 is 0. The molecule has 6 heteroatoms. The van der Waals surface area contributed by atoms with Crippen molar-refractivity contribution < 1.29 is 9.59 Å². The van der Waals surface area contributed by atoms with Gasteiger partial charge in [-0.05, 0) is 44.2 Å². The lowest BCUT2D eigenvalue weighted by atomic mass is 9.82. The number of pyridine rings is 1. The number of anilines is 1. The van der Waals surface area contributed by atoms with Gasteiger partial charge in [-0.1, -0.05) is 39.0 Å². The summed E-state index contributed by atoms with van der Waals surface area (Å²) in [6, 6.07) is 5.89. The quantitative estimate of drug-likeness (QED) is 0.339. The molecule has 0 unspecified atom stereocenters. The Morgan fingerprint density at radius 3 is 2.32 bits per heavy atom. The lowest BCUT2D eigenvalue weighted by molar-refractivity contribution is -0.123. The van der Waals surface area contributed by atoms with Crippen molar-refractivity contribution in [2.75, 3.05) is 19.4 Å². The van der Waals surface area contributed by atoms with Crippen LogP contribution in [0.4, 0.5) is 5.82 Å². The Morgan fingerprint density at radius 2 is 1.89 bits per heavy atom. The molecule has 1 aromatic heterocycles. The Balaban J connectivity index is 0.000000668. The fourth-order valence-electron chi connectivity index (χ4n) is 2.52. The molecule has 3 N–H and O–H groups in total. The van der Waals surface area contributed by atoms with Crippen molar-refractivity contribution >= 4 is 18.0 Å². The van der Waals surface area contributed by atoms with Crippen molar-refractivity contribution in [1.29, 1.82) is 0 Å². The van der Waals surface area contributed by atoms with Gasteiger partial charge in [0.2, 0.25) is 5.91 Å². The molecule has 6 nitrogen and oxygen atoms in total. The molecule has 156 valence electrons. The van der Waals surface area contributed by atoms with E-state index in [9.17, 15) is 9.59 Å². The molecule has 0 saturated heterocycles. The van der Waals surface area contributed by atoms with Gasteiger partial charge in [0.25, 0.3) is 0 Å². The monoisotopic (exact) mass is 388 g/mol. The Morgan fingerprint density at radius 1 is 1.25 bits per heavy atom. The fourth-order valence-corrected chi connectivity index (χ4v) is 2.52. The van der Waals surface area contributed by atoms with Crippen LogP contribution in [0.15, 0.2) is 41.7 Å². The van der Waals surface area contributed by atoms with Crippen LogP contribution in [-0.4, -0.2) is 31.3 Å². The van der Waals surface area contributed by atoms with E-state index in [0.29, 0.717) is 18.4 Å². The van der Waals surface area contributed by atoms with Gasteiger partial charge in [-0.15, -0.1) is 0 Å². The summed E-state index contributed by atoms with van der Waals surface area (Å²) in [5.41, 5.74) is 2.97. The Hall–Kier alpha value is -2.63. The van der Waals surface area contributed by atoms with Crippen molar-refractivity contribution in [2.24, 2.45) is 5.41 Å². The second kappa shape index (κ2) is 12.7. The highest BCUT2D eigenvalue weighted by Crippen LogP contribution is 2.29. The molecule has 1 amide bonds. The van der Waals surface area contributed by atoms with E-state index in [4.69, 9.17) is 0 Å². The number of hydrogen-bond acceptors (Lipinski definition) is 5. The number of hydrogen-bond donors (Lipinski definition) is 3. The first-order valence-corrected chi connectivity index (χ1v) is 9.50. The van der Waals surface area contributed by atoms with Gasteiger partial charge in [-0.3, -0.25) is 9.59 Å². The summed E-state index contributed by atoms with van der Waals surface area (Å²) in [5.74, 6) is 0.778. The molecule has 0 bridgehead atoms. The largest absolute Gasteiger partial charge is 0.390 e. The lowest BCUT2D eigenvalue weighted by Crippen LogP contribution is -2.31. The van der Waals surface area contributed by atoms with E-state index >= 15 is 0 Å². The van der Waals surface area contributed by atoms with Crippen molar-refractivity contribution in [3.63, 3.8) is 0 Å². The van der Waals surface area contributed by atoms with Gasteiger partial charge >= 0.3 is 0 Å². The van der Waals surface area contributed by atoms with E-state index in [1.807, 2.05) is 46.0 Å². The molecule has 0 aliphatic heterocycles. The number of aromatic nitrogens is 1. The molecular formula is C22H36N4O2. The highest BCUT2D eigenvalue weighted by atomic mass is 16.2. The molecule has 0 aliphatic rings. The van der Waals surface area contributed by atoms with Gasteiger partial charge in [0.15, 0.2) is 6.29 Å². The van der Waals surface area contributed by atoms with Crippen LogP contribution in [0.25, 0.3) is 0 Å². The normalized spacial score (nSPS) is 11.4. The third kappa shape index (κ3) is 10.5. The van der Waals surface area contributed by atoms with Crippen LogP contribution in [0.2, 0.25) is 0 Å². The molecule has 0 aromatic carbocycles. The minimum absolute atomic E-state index is 0.148. The van der Waals surface area contributed by atoms with E-state index in [2.05, 4.69) is 34.4 Å². The number of rotatable bonds is 9. The molecule has 0 aliphatic carbocycles. The maximum Gasteiger partial charge on any atom is 0.225 e. The topological polar surface area (TPSA) is 83.1 Å². The van der Waals surface area contributed by atoms with Crippen LogP contribution < -0.4 is 16.0 Å². The number of nitrogens with one attached hydrogen (secondary N) is 3. The summed E-state index contributed by atoms with van der Waals surface area (Å²) < 4.78 is 0. The third-order valence-corrected chi connectivity index (χ3v) is 4.18. The number of aryl methyl sites for hydroxylation is 1. The van der Waals surface area contributed by atoms with Crippen molar-refractivity contribution in [3.8, 4) is 0 Å². The number of amides is 1. The van der Waals surface area contributed by atoms with Gasteiger partial charge < -0.3 is 16.0 Å². The second-order valence-corrected chi connectivity index (χ2v) is 7.49. The van der Waals surface area contributed by atoms with Crippen LogP contribution in [0.3, 0.4) is 0 Å². The fraction of sp³-hybridized carbons (Fsp3) is 0.500. The maximum atomic E-state index is 12.0. The standard InChI is InChI=1S/C15H26N2O2.C7H10N2/c1-7-11(2)8-15(4,5)9-14(19)17-13(10-18)12(3)16-6;1-6-4-3-5-7(8-2)9-6/h10,16H,2,7-9H2,1,3-6H3,(H,17,19);3-5H,1-2H3,(H,8,9)/b13-12+;. The summed E-state index contributed by atoms with van der Waals surface area (Å²) in [7, 11) is 3.57. The number of nitrogens with zero attached hydrogens (tertiary/aromatic N) is 1. The molecule has 1 rings (SSSR count). The zero-order valence-corrected chi connectivity index (χ0v) is 18.4. The summed E-state index contributed by atoms with van der Waals surface area (Å²) in [6.45, 7) is 13.8. The number of aldehydes is 1. The predicted octanol–water partition coefficient (Wildman–Crippen LogP) is 3.96. The zero-order chi connectivity index (χ0) is 21.7. The van der Waals surface area contributed by atoms with E-state index in [-0.39, 0.29) is 17.0 Å². The smallest absolute Gasteiger partial charge is 0.225 e. The SMILES string of the molecule is C=C(CC)CC(C)(C)CC(=O)N/C(C=O)=C(\C)NC.CNc1cccc(C)n1. The van der Waals surface area contributed by atoms with Gasteiger partial charge in [-0.25, -0.2) is 4.98 Å². The van der Waals surface area contributed by atoms with E-state index in [1.165, 1.54) is 0 Å². The molecule has 1 aromatic rings. The van der Waals surface area contributed by atoms with Crippen molar-refractivity contribution in [2.45, 2.75) is 53.9 Å². The van der Waals surface area contributed by atoms with E-state index in [1.54, 1.807) is 14.0 Å². The molecule has 0 saturated carbocycles. The maximum absolute atomic E-state index is 12.0. The second-order valence-electron chi connectivity index (χ2n) is 7.49. The molecule has 0 fully saturated rings. The Kier molecular flexibility index (Phi) is 11.5. The van der Waals surface area contributed by atoms with Crippen LogP contribution in [0.5, 0.6) is 0 Å². The minimum atomic E-state index is -0.154. The summed E-state index contributed by atoms with van der Waals surface area (Å²) in [5, 5.41) is 8.45. The van der Waals surface area contributed by atoms with E-state index in [0.717, 1.165) is 29.9 Å². The number of carbonyl (C=O) groups is 2. The van der Waals surface area contributed by atoms with Gasteiger partial charge in [0.05, 0.1) is 5.70 Å². The van der Waals surface area contributed by atoms with Crippen LogP contribution in [0, 0.1) is 12.3 Å². The first-order chi connectivity index (χ1) is 13.1. The Bertz CT molecular complexity index is 694.